The van der Waals surface area contributed by atoms with E-state index in [1.165, 1.54) is 0 Å². The molecule has 0 unspecified atom stereocenters. The quantitative estimate of drug-likeness (QED) is 0.640. The molecule has 3 aromatic rings. The highest BCUT2D eigenvalue weighted by atomic mass is 16.5. The fraction of sp³-hybridized carbons (Fsp3) is 0.0625. The van der Waals surface area contributed by atoms with Gasteiger partial charge in [-0.3, -0.25) is 5.10 Å². The van der Waals surface area contributed by atoms with Crippen LogP contribution in [0.15, 0.2) is 54.6 Å². The van der Waals surface area contributed by atoms with Crippen molar-refractivity contribution >= 4 is 17.2 Å². The topological polar surface area (TPSA) is 76.0 Å². The minimum Gasteiger partial charge on any atom is -0.497 e. The lowest BCUT2D eigenvalue weighted by molar-refractivity contribution is 0.415. The number of nitrogens with two attached hydrogens (primary N) is 1. The monoisotopic (exact) mass is 280 g/mol. The normalized spacial score (nSPS) is 10.3. The maximum atomic E-state index is 5.76. The van der Waals surface area contributed by atoms with Crippen molar-refractivity contribution in [1.82, 2.24) is 10.2 Å². The second-order valence-electron chi connectivity index (χ2n) is 4.65. The highest BCUT2D eigenvalue weighted by Crippen LogP contribution is 2.24. The molecule has 0 saturated heterocycles. The lowest BCUT2D eigenvalue weighted by Crippen LogP contribution is -1.92. The third-order valence-corrected chi connectivity index (χ3v) is 3.14. The molecule has 0 saturated carbocycles. The van der Waals surface area contributed by atoms with E-state index in [4.69, 9.17) is 10.5 Å². The van der Waals surface area contributed by atoms with Gasteiger partial charge in [-0.05, 0) is 48.0 Å². The second-order valence-corrected chi connectivity index (χ2v) is 4.65. The van der Waals surface area contributed by atoms with E-state index in [2.05, 4.69) is 15.5 Å². The number of methoxy groups -OCH3 is 1. The molecule has 0 amide bonds. The van der Waals surface area contributed by atoms with Gasteiger partial charge in [0.15, 0.2) is 5.82 Å². The van der Waals surface area contributed by atoms with E-state index in [0.29, 0.717) is 5.69 Å². The molecule has 0 aliphatic rings. The summed E-state index contributed by atoms with van der Waals surface area (Å²) in [5, 5.41) is 10.5. The maximum Gasteiger partial charge on any atom is 0.152 e. The van der Waals surface area contributed by atoms with Crippen molar-refractivity contribution in [3.8, 4) is 17.0 Å². The highest BCUT2D eigenvalue weighted by molar-refractivity contribution is 5.67. The summed E-state index contributed by atoms with van der Waals surface area (Å²) in [5.74, 6) is 1.57. The smallest absolute Gasteiger partial charge is 0.152 e. The summed E-state index contributed by atoms with van der Waals surface area (Å²) < 4.78 is 5.15. The molecule has 0 radical (unpaired) electrons. The molecule has 0 spiro atoms. The van der Waals surface area contributed by atoms with Gasteiger partial charge in [0.2, 0.25) is 0 Å². The predicted octanol–water partition coefficient (Wildman–Crippen LogP) is 3.41. The van der Waals surface area contributed by atoms with Gasteiger partial charge in [0, 0.05) is 17.4 Å². The SMILES string of the molecule is COc1ccc(-c2cc(Nc3cccc(N)c3)n[nH]2)cc1. The lowest BCUT2D eigenvalue weighted by atomic mass is 10.1. The number of ether oxygens (including phenoxy) is 1. The van der Waals surface area contributed by atoms with Gasteiger partial charge < -0.3 is 15.8 Å². The molecule has 3 rings (SSSR count). The van der Waals surface area contributed by atoms with Crippen molar-refractivity contribution in [3.63, 3.8) is 0 Å². The molecule has 106 valence electrons. The zero-order valence-electron chi connectivity index (χ0n) is 11.6. The number of hydrogen-bond acceptors (Lipinski definition) is 4. The number of aromatic amines is 1. The molecule has 4 N–H and O–H groups in total. The first-order valence-electron chi connectivity index (χ1n) is 6.57. The van der Waals surface area contributed by atoms with E-state index in [1.807, 2.05) is 54.6 Å². The van der Waals surface area contributed by atoms with Crippen LogP contribution in [0.2, 0.25) is 0 Å². The van der Waals surface area contributed by atoms with Gasteiger partial charge in [0.25, 0.3) is 0 Å². The maximum absolute atomic E-state index is 5.76. The number of H-pyrrole nitrogens is 1. The minimum atomic E-state index is 0.714. The van der Waals surface area contributed by atoms with Gasteiger partial charge in [-0.15, -0.1) is 0 Å². The number of hydrogen-bond donors (Lipinski definition) is 3. The van der Waals surface area contributed by atoms with Crippen LogP contribution in [0, 0.1) is 0 Å². The molecule has 1 heterocycles. The standard InChI is InChI=1S/C16H16N4O/c1-21-14-7-5-11(6-8-14)15-10-16(20-19-15)18-13-4-2-3-12(17)9-13/h2-10H,17H2,1H3,(H2,18,19,20). The number of nitrogens with one attached hydrogen (secondary N) is 2. The molecule has 2 aromatic carbocycles. The zero-order valence-corrected chi connectivity index (χ0v) is 11.6. The van der Waals surface area contributed by atoms with E-state index in [-0.39, 0.29) is 0 Å². The third kappa shape index (κ3) is 2.97. The molecular formula is C16H16N4O. The van der Waals surface area contributed by atoms with Crippen molar-refractivity contribution in [2.24, 2.45) is 0 Å². The Balaban J connectivity index is 1.79. The summed E-state index contributed by atoms with van der Waals surface area (Å²) in [4.78, 5) is 0. The zero-order chi connectivity index (χ0) is 14.7. The van der Waals surface area contributed by atoms with E-state index in [1.54, 1.807) is 7.11 Å². The number of nitrogens with zero attached hydrogens (tertiary/aromatic N) is 1. The molecule has 0 fully saturated rings. The van der Waals surface area contributed by atoms with Crippen LogP contribution in [-0.2, 0) is 0 Å². The van der Waals surface area contributed by atoms with Crippen LogP contribution in [0.5, 0.6) is 5.75 Å². The molecule has 5 heteroatoms. The fourth-order valence-electron chi connectivity index (χ4n) is 2.07. The fourth-order valence-corrected chi connectivity index (χ4v) is 2.07. The highest BCUT2D eigenvalue weighted by Gasteiger charge is 2.04. The second kappa shape index (κ2) is 5.58. The Morgan fingerprint density at radius 1 is 1.10 bits per heavy atom. The molecule has 0 aliphatic carbocycles. The average molecular weight is 280 g/mol. The number of aromatic nitrogens is 2. The first-order valence-corrected chi connectivity index (χ1v) is 6.57. The summed E-state index contributed by atoms with van der Waals surface area (Å²) in [7, 11) is 1.65. The van der Waals surface area contributed by atoms with Crippen LogP contribution >= 0.6 is 0 Å². The first kappa shape index (κ1) is 13.1. The molecule has 0 atom stereocenters. The predicted molar refractivity (Wildman–Crippen MR) is 84.7 cm³/mol. The number of benzene rings is 2. The largest absolute Gasteiger partial charge is 0.497 e. The Morgan fingerprint density at radius 2 is 1.90 bits per heavy atom. The van der Waals surface area contributed by atoms with Crippen LogP contribution < -0.4 is 15.8 Å². The van der Waals surface area contributed by atoms with Gasteiger partial charge in [-0.1, -0.05) is 6.07 Å². The van der Waals surface area contributed by atoms with Gasteiger partial charge in [-0.25, -0.2) is 0 Å². The number of nitrogen functional groups attached to an aromatic ring is 1. The molecular weight excluding hydrogens is 264 g/mol. The summed E-state index contributed by atoms with van der Waals surface area (Å²) >= 11 is 0. The minimum absolute atomic E-state index is 0.714. The van der Waals surface area contributed by atoms with E-state index in [9.17, 15) is 0 Å². The third-order valence-electron chi connectivity index (χ3n) is 3.14. The Bertz CT molecular complexity index is 734. The van der Waals surface area contributed by atoms with Crippen molar-refractivity contribution < 1.29 is 4.74 Å². The van der Waals surface area contributed by atoms with Gasteiger partial charge >= 0.3 is 0 Å². The van der Waals surface area contributed by atoms with Crippen LogP contribution in [0.25, 0.3) is 11.3 Å². The van der Waals surface area contributed by atoms with Crippen LogP contribution in [0.4, 0.5) is 17.2 Å². The van der Waals surface area contributed by atoms with Crippen molar-refractivity contribution in [2.45, 2.75) is 0 Å². The lowest BCUT2D eigenvalue weighted by Gasteiger charge is -2.03. The Hall–Kier alpha value is -2.95. The van der Waals surface area contributed by atoms with Crippen LogP contribution in [0.1, 0.15) is 0 Å². The van der Waals surface area contributed by atoms with E-state index < -0.39 is 0 Å². The Kier molecular flexibility index (Phi) is 3.47. The number of rotatable bonds is 4. The van der Waals surface area contributed by atoms with Crippen molar-refractivity contribution in [1.29, 1.82) is 0 Å². The van der Waals surface area contributed by atoms with Crippen molar-refractivity contribution in [3.05, 3.63) is 54.6 Å². The van der Waals surface area contributed by atoms with Crippen LogP contribution in [-0.4, -0.2) is 17.3 Å². The summed E-state index contributed by atoms with van der Waals surface area (Å²) in [6.45, 7) is 0. The van der Waals surface area contributed by atoms with Gasteiger partial charge in [-0.2, -0.15) is 5.10 Å². The first-order chi connectivity index (χ1) is 10.2. The Morgan fingerprint density at radius 3 is 2.62 bits per heavy atom. The molecule has 5 nitrogen and oxygen atoms in total. The van der Waals surface area contributed by atoms with Gasteiger partial charge in [0.05, 0.1) is 12.8 Å². The molecule has 0 aliphatic heterocycles. The summed E-state index contributed by atoms with van der Waals surface area (Å²) in [5.41, 5.74) is 9.35. The average Bonchev–Trinajstić information content (AvgIpc) is 2.96. The number of anilines is 3. The molecule has 21 heavy (non-hydrogen) atoms. The van der Waals surface area contributed by atoms with E-state index in [0.717, 1.165) is 28.5 Å². The van der Waals surface area contributed by atoms with Gasteiger partial charge in [0.1, 0.15) is 5.75 Å². The van der Waals surface area contributed by atoms with Crippen LogP contribution in [0.3, 0.4) is 0 Å². The summed E-state index contributed by atoms with van der Waals surface area (Å²) in [6.07, 6.45) is 0. The molecule has 0 bridgehead atoms. The Labute approximate surface area is 122 Å². The van der Waals surface area contributed by atoms with E-state index >= 15 is 0 Å². The molecule has 1 aromatic heterocycles. The van der Waals surface area contributed by atoms with Crippen molar-refractivity contribution in [2.75, 3.05) is 18.2 Å². The summed E-state index contributed by atoms with van der Waals surface area (Å²) in [6, 6.07) is 17.3.